The Morgan fingerprint density at radius 1 is 1.00 bits per heavy atom. The van der Waals surface area contributed by atoms with E-state index in [4.69, 9.17) is 10.5 Å². The summed E-state index contributed by atoms with van der Waals surface area (Å²) in [7, 11) is 0. The number of rotatable bonds is 6. The number of ether oxygens (including phenoxy) is 1. The van der Waals surface area contributed by atoms with E-state index in [9.17, 15) is 23.2 Å². The van der Waals surface area contributed by atoms with Crippen LogP contribution in [0.4, 0.5) is 19.3 Å². The van der Waals surface area contributed by atoms with E-state index in [1.807, 2.05) is 0 Å². The third-order valence-electron chi connectivity index (χ3n) is 3.93. The number of anilines is 1. The van der Waals surface area contributed by atoms with Gasteiger partial charge in [-0.25, -0.2) is 13.6 Å². The summed E-state index contributed by atoms with van der Waals surface area (Å²) in [6.45, 7) is 0. The molecular formula is C21H16F2N4O4. The van der Waals surface area contributed by atoms with Gasteiger partial charge in [-0.15, -0.1) is 0 Å². The Morgan fingerprint density at radius 2 is 1.74 bits per heavy atom. The van der Waals surface area contributed by atoms with Gasteiger partial charge in [-0.3, -0.25) is 19.9 Å². The number of nitrogens with two attached hydrogens (primary N) is 1. The van der Waals surface area contributed by atoms with Crippen molar-refractivity contribution in [2.24, 2.45) is 5.73 Å². The molecule has 0 unspecified atom stereocenters. The quantitative estimate of drug-likeness (QED) is 0.559. The maximum Gasteiger partial charge on any atom is 0.325 e. The minimum atomic E-state index is -0.861. The summed E-state index contributed by atoms with van der Waals surface area (Å²) in [5, 5.41) is 4.42. The molecule has 31 heavy (non-hydrogen) atoms. The SMILES string of the molecule is NC(=O)c1cc(Oc2ccc(NC(=O)NC(=O)Cc3ccc(F)cc3)cc2F)ccn1. The lowest BCUT2D eigenvalue weighted by Crippen LogP contribution is -2.35. The van der Waals surface area contributed by atoms with Crippen LogP contribution in [0.2, 0.25) is 0 Å². The van der Waals surface area contributed by atoms with E-state index in [1.54, 1.807) is 0 Å². The van der Waals surface area contributed by atoms with Gasteiger partial charge in [-0.05, 0) is 35.9 Å². The Morgan fingerprint density at radius 3 is 2.42 bits per heavy atom. The van der Waals surface area contributed by atoms with E-state index < -0.39 is 29.5 Å². The van der Waals surface area contributed by atoms with Gasteiger partial charge >= 0.3 is 6.03 Å². The van der Waals surface area contributed by atoms with Gasteiger partial charge in [0.15, 0.2) is 11.6 Å². The molecule has 4 N–H and O–H groups in total. The molecule has 10 heteroatoms. The lowest BCUT2D eigenvalue weighted by Gasteiger charge is -2.10. The van der Waals surface area contributed by atoms with Gasteiger partial charge in [0.2, 0.25) is 5.91 Å². The summed E-state index contributed by atoms with van der Waals surface area (Å²) < 4.78 is 32.6. The molecule has 2 aromatic carbocycles. The molecule has 0 aliphatic rings. The smallest absolute Gasteiger partial charge is 0.325 e. The number of carbonyl (C=O) groups excluding carboxylic acids is 3. The molecule has 3 rings (SSSR count). The molecule has 0 radical (unpaired) electrons. The second-order valence-corrected chi connectivity index (χ2v) is 6.29. The predicted octanol–water partition coefficient (Wildman–Crippen LogP) is 3.14. The van der Waals surface area contributed by atoms with Crippen LogP contribution in [-0.2, 0) is 11.2 Å². The van der Waals surface area contributed by atoms with Crippen LogP contribution < -0.4 is 21.1 Å². The number of imide groups is 1. The fraction of sp³-hybridized carbons (Fsp3) is 0.0476. The fourth-order valence-electron chi connectivity index (χ4n) is 2.52. The van der Waals surface area contributed by atoms with Crippen molar-refractivity contribution >= 4 is 23.5 Å². The maximum atomic E-state index is 14.3. The number of nitrogens with zero attached hydrogens (tertiary/aromatic N) is 1. The van der Waals surface area contributed by atoms with Crippen molar-refractivity contribution in [3.63, 3.8) is 0 Å². The van der Waals surface area contributed by atoms with Crippen LogP contribution >= 0.6 is 0 Å². The highest BCUT2D eigenvalue weighted by Crippen LogP contribution is 2.26. The van der Waals surface area contributed by atoms with Crippen LogP contribution in [0.15, 0.2) is 60.8 Å². The van der Waals surface area contributed by atoms with Gasteiger partial charge < -0.3 is 15.8 Å². The van der Waals surface area contributed by atoms with Gasteiger partial charge in [0.25, 0.3) is 5.91 Å². The second-order valence-electron chi connectivity index (χ2n) is 6.29. The van der Waals surface area contributed by atoms with Crippen molar-refractivity contribution in [1.29, 1.82) is 0 Å². The lowest BCUT2D eigenvalue weighted by molar-refractivity contribution is -0.119. The first-order chi connectivity index (χ1) is 14.8. The number of nitrogens with one attached hydrogen (secondary N) is 2. The van der Waals surface area contributed by atoms with Gasteiger partial charge in [-0.1, -0.05) is 12.1 Å². The number of urea groups is 1. The van der Waals surface area contributed by atoms with E-state index in [0.717, 1.165) is 6.07 Å². The summed E-state index contributed by atoms with van der Waals surface area (Å²) in [4.78, 5) is 38.8. The highest BCUT2D eigenvalue weighted by Gasteiger charge is 2.12. The number of halogens is 2. The number of hydrogen-bond donors (Lipinski definition) is 3. The van der Waals surface area contributed by atoms with E-state index in [2.05, 4.69) is 15.6 Å². The molecule has 4 amide bonds. The number of benzene rings is 2. The number of aromatic nitrogens is 1. The fourth-order valence-corrected chi connectivity index (χ4v) is 2.52. The zero-order valence-electron chi connectivity index (χ0n) is 15.9. The van der Waals surface area contributed by atoms with Crippen molar-refractivity contribution in [2.45, 2.75) is 6.42 Å². The Balaban J connectivity index is 1.58. The molecule has 0 saturated carbocycles. The summed E-state index contributed by atoms with van der Waals surface area (Å²) >= 11 is 0. The highest BCUT2D eigenvalue weighted by molar-refractivity contribution is 6.01. The first kappa shape index (κ1) is 21.4. The van der Waals surface area contributed by atoms with Crippen molar-refractivity contribution < 1.29 is 27.9 Å². The molecule has 0 aliphatic carbocycles. The monoisotopic (exact) mass is 426 g/mol. The standard InChI is InChI=1S/C21H16F2N4O4/c22-13-3-1-12(2-4-13)9-19(28)27-21(30)26-14-5-6-18(16(23)10-14)31-15-7-8-25-17(11-15)20(24)29/h1-8,10-11H,9H2,(H2,24,29)(H2,26,27,28,30). The molecule has 8 nitrogen and oxygen atoms in total. The second kappa shape index (κ2) is 9.44. The molecule has 1 aromatic heterocycles. The minimum absolute atomic E-state index is 0.0434. The molecule has 3 aromatic rings. The number of carbonyl (C=O) groups is 3. The molecule has 1 heterocycles. The third-order valence-corrected chi connectivity index (χ3v) is 3.93. The Kier molecular flexibility index (Phi) is 6.51. The molecule has 0 fully saturated rings. The lowest BCUT2D eigenvalue weighted by atomic mass is 10.1. The predicted molar refractivity (Wildman–Crippen MR) is 106 cm³/mol. The topological polar surface area (TPSA) is 123 Å². The average molecular weight is 426 g/mol. The molecule has 0 bridgehead atoms. The van der Waals surface area contributed by atoms with Crippen LogP contribution in [0.5, 0.6) is 11.5 Å². The largest absolute Gasteiger partial charge is 0.454 e. The van der Waals surface area contributed by atoms with Crippen molar-refractivity contribution in [1.82, 2.24) is 10.3 Å². The minimum Gasteiger partial charge on any atom is -0.454 e. The van der Waals surface area contributed by atoms with Crippen LogP contribution in [0.25, 0.3) is 0 Å². The van der Waals surface area contributed by atoms with E-state index >= 15 is 0 Å². The normalized spacial score (nSPS) is 10.3. The number of primary amides is 1. The molecule has 0 saturated heterocycles. The number of hydrogen-bond acceptors (Lipinski definition) is 5. The van der Waals surface area contributed by atoms with Gasteiger partial charge in [0.05, 0.1) is 6.42 Å². The molecule has 0 atom stereocenters. The third kappa shape index (κ3) is 6.07. The van der Waals surface area contributed by atoms with Crippen molar-refractivity contribution in [3.8, 4) is 11.5 Å². The summed E-state index contributed by atoms with van der Waals surface area (Å²) in [5.41, 5.74) is 5.69. The van der Waals surface area contributed by atoms with Gasteiger partial charge in [0.1, 0.15) is 17.3 Å². The molecule has 0 aliphatic heterocycles. The van der Waals surface area contributed by atoms with E-state index in [1.165, 1.54) is 54.7 Å². The Bertz CT molecular complexity index is 1140. The number of pyridine rings is 1. The first-order valence-electron chi connectivity index (χ1n) is 8.88. The molecule has 158 valence electrons. The Hall–Kier alpha value is -4.34. The van der Waals surface area contributed by atoms with E-state index in [-0.39, 0.29) is 29.3 Å². The number of amides is 4. The van der Waals surface area contributed by atoms with Crippen LogP contribution in [-0.4, -0.2) is 22.8 Å². The van der Waals surface area contributed by atoms with Gasteiger partial charge in [0, 0.05) is 24.0 Å². The summed E-state index contributed by atoms with van der Waals surface area (Å²) in [5.74, 6) is -2.63. The zero-order valence-corrected chi connectivity index (χ0v) is 15.9. The van der Waals surface area contributed by atoms with Crippen LogP contribution in [0, 0.1) is 11.6 Å². The van der Waals surface area contributed by atoms with Crippen molar-refractivity contribution in [3.05, 3.63) is 83.7 Å². The molecular weight excluding hydrogens is 410 g/mol. The average Bonchev–Trinajstić information content (AvgIpc) is 2.72. The Labute approximate surface area is 175 Å². The highest BCUT2D eigenvalue weighted by atomic mass is 19.1. The van der Waals surface area contributed by atoms with Crippen molar-refractivity contribution in [2.75, 3.05) is 5.32 Å². The van der Waals surface area contributed by atoms with E-state index in [0.29, 0.717) is 5.56 Å². The summed E-state index contributed by atoms with van der Waals surface area (Å²) in [6.07, 6.45) is 1.16. The zero-order chi connectivity index (χ0) is 22.4. The molecule has 0 spiro atoms. The maximum absolute atomic E-state index is 14.3. The first-order valence-corrected chi connectivity index (χ1v) is 8.88. The van der Waals surface area contributed by atoms with Gasteiger partial charge in [-0.2, -0.15) is 0 Å². The van der Waals surface area contributed by atoms with Crippen LogP contribution in [0.3, 0.4) is 0 Å². The van der Waals surface area contributed by atoms with Crippen LogP contribution in [0.1, 0.15) is 16.1 Å². The summed E-state index contributed by atoms with van der Waals surface area (Å²) in [6, 6.07) is 10.7.